The molecule has 0 aromatic rings. The Labute approximate surface area is 298 Å². The highest BCUT2D eigenvalue weighted by molar-refractivity contribution is 7.91. The zero-order valence-corrected chi connectivity index (χ0v) is 31.1. The number of fused-ring (bicyclic) bond motifs is 1. The summed E-state index contributed by atoms with van der Waals surface area (Å²) in [5.74, 6) is -5.20. The van der Waals surface area contributed by atoms with Crippen molar-refractivity contribution in [1.82, 2.24) is 26.2 Å². The first kappa shape index (κ1) is 39.3. The predicted molar refractivity (Wildman–Crippen MR) is 182 cm³/mol. The van der Waals surface area contributed by atoms with Gasteiger partial charge in [0.1, 0.15) is 17.8 Å². The number of hydrogen-bond donors (Lipinski definition) is 4. The number of halogens is 3. The molecular weight excluding hydrogens is 691 g/mol. The van der Waals surface area contributed by atoms with Crippen LogP contribution in [0, 0.1) is 28.6 Å². The Hall–Kier alpha value is -2.91. The molecule has 5 amide bonds. The molecule has 1 saturated heterocycles. The van der Waals surface area contributed by atoms with E-state index in [9.17, 15) is 45.6 Å². The number of sulfone groups is 1. The second-order valence-corrected chi connectivity index (χ2v) is 19.5. The summed E-state index contributed by atoms with van der Waals surface area (Å²) >= 11 is 0. The Morgan fingerprint density at radius 3 is 2.10 bits per heavy atom. The summed E-state index contributed by atoms with van der Waals surface area (Å²) in [6, 6.07) is -4.12. The number of rotatable bonds is 14. The molecule has 5 atom stereocenters. The molecule has 5 rings (SSSR count). The summed E-state index contributed by atoms with van der Waals surface area (Å²) in [5, 5.41) is 10.9. The summed E-state index contributed by atoms with van der Waals surface area (Å²) in [6.07, 6.45) is 1.82. The Bertz CT molecular complexity index is 1500. The van der Waals surface area contributed by atoms with Crippen molar-refractivity contribution in [2.24, 2.45) is 28.6 Å². The van der Waals surface area contributed by atoms with E-state index in [1.807, 2.05) is 13.8 Å². The van der Waals surface area contributed by atoms with Crippen molar-refractivity contribution in [3.63, 3.8) is 0 Å². The maximum Gasteiger partial charge on any atom is 0.402 e. The Morgan fingerprint density at radius 1 is 0.922 bits per heavy atom. The topological polar surface area (TPSA) is 171 Å². The molecule has 0 aromatic heterocycles. The van der Waals surface area contributed by atoms with Gasteiger partial charge >= 0.3 is 12.2 Å². The van der Waals surface area contributed by atoms with Gasteiger partial charge in [-0.25, -0.2) is 13.2 Å². The predicted octanol–water partition coefficient (Wildman–Crippen LogP) is 3.39. The third-order valence-corrected chi connectivity index (χ3v) is 13.3. The average molecular weight is 746 g/mol. The lowest BCUT2D eigenvalue weighted by Crippen LogP contribution is -2.64. The van der Waals surface area contributed by atoms with E-state index in [0.717, 1.165) is 32.1 Å². The van der Waals surface area contributed by atoms with Crippen molar-refractivity contribution in [1.29, 1.82) is 0 Å². The molecule has 288 valence electrons. The van der Waals surface area contributed by atoms with Crippen LogP contribution in [0.3, 0.4) is 0 Å². The number of Topliss-reactive ketones (excluding diaryl/α,β-unsaturated/α-hetero) is 1. The normalized spacial score (nSPS) is 26.7. The lowest BCUT2D eigenvalue weighted by molar-refractivity contribution is -0.145. The zero-order valence-electron chi connectivity index (χ0n) is 30.3. The standard InChI is InChI=1S/C35H54F3N5O7S/c1-32(2,3)27(41-31(48)42-34(15-7-6-8-16-34)18-51(49,50)19-35(36,37)38)30(47)43-17-22-24(33(22,4)5)25(43)28(45)40-23(14-11-20-9-10-20)26(44)29(46)39-21-12-13-21/h20-25,27H,6-19H2,1-5H3,(H,39,46)(H,40,45)(H2,41,42,48)/t22-,23?,24-,25-,27+/m0/s1. The second-order valence-electron chi connectivity index (χ2n) is 17.5. The number of alkyl halides is 3. The van der Waals surface area contributed by atoms with Gasteiger partial charge in [0.2, 0.25) is 17.6 Å². The van der Waals surface area contributed by atoms with E-state index in [4.69, 9.17) is 0 Å². The molecule has 51 heavy (non-hydrogen) atoms. The van der Waals surface area contributed by atoms with E-state index < -0.39 is 86.1 Å². The Morgan fingerprint density at radius 2 is 1.55 bits per heavy atom. The number of nitrogens with one attached hydrogen (secondary N) is 4. The maximum atomic E-state index is 14.4. The number of nitrogens with zero attached hydrogens (tertiary/aromatic N) is 1. The monoisotopic (exact) mass is 745 g/mol. The minimum Gasteiger partial charge on any atom is -0.347 e. The highest BCUT2D eigenvalue weighted by atomic mass is 32.2. The summed E-state index contributed by atoms with van der Waals surface area (Å²) < 4.78 is 64.4. The molecule has 1 aliphatic heterocycles. The molecule has 5 aliphatic rings. The molecule has 1 unspecified atom stereocenters. The van der Waals surface area contributed by atoms with Gasteiger partial charge in [-0.3, -0.25) is 19.2 Å². The van der Waals surface area contributed by atoms with Crippen LogP contribution in [0.5, 0.6) is 0 Å². The van der Waals surface area contributed by atoms with Crippen molar-refractivity contribution >= 4 is 39.4 Å². The second kappa shape index (κ2) is 14.1. The van der Waals surface area contributed by atoms with Gasteiger partial charge in [-0.1, -0.05) is 66.7 Å². The third kappa shape index (κ3) is 9.75. The van der Waals surface area contributed by atoms with E-state index in [-0.39, 0.29) is 42.7 Å². The molecule has 5 fully saturated rings. The van der Waals surface area contributed by atoms with Crippen molar-refractivity contribution in [3.05, 3.63) is 0 Å². The fourth-order valence-corrected chi connectivity index (χ4v) is 10.1. The van der Waals surface area contributed by atoms with Crippen LogP contribution in [0.15, 0.2) is 0 Å². The van der Waals surface area contributed by atoms with Crippen LogP contribution < -0.4 is 21.3 Å². The van der Waals surface area contributed by atoms with Crippen molar-refractivity contribution < 1.29 is 45.6 Å². The minimum absolute atomic E-state index is 0.0187. The van der Waals surface area contributed by atoms with E-state index in [1.54, 1.807) is 20.8 Å². The quantitative estimate of drug-likeness (QED) is 0.198. The van der Waals surface area contributed by atoms with Gasteiger partial charge in [0, 0.05) is 12.6 Å². The number of urea groups is 1. The SMILES string of the molecule is CC(C)(C)[C@H](NC(=O)NC1(CS(=O)(=O)CC(F)(F)F)CCCCC1)C(=O)N1C[C@H]2[C@@H]([C@H]1C(=O)NC(CCC1CC1)C(=O)C(=O)NC1CC1)C2(C)C. The molecule has 0 bridgehead atoms. The van der Waals surface area contributed by atoms with Gasteiger partial charge in [0.25, 0.3) is 5.91 Å². The fraction of sp³-hybridized carbons (Fsp3) is 0.857. The molecule has 0 spiro atoms. The van der Waals surface area contributed by atoms with Crippen molar-refractivity contribution in [3.8, 4) is 0 Å². The van der Waals surface area contributed by atoms with Crippen molar-refractivity contribution in [2.75, 3.05) is 18.1 Å². The highest BCUT2D eigenvalue weighted by Crippen LogP contribution is 2.65. The van der Waals surface area contributed by atoms with Crippen LogP contribution in [0.1, 0.15) is 105 Å². The highest BCUT2D eigenvalue weighted by Gasteiger charge is 2.70. The summed E-state index contributed by atoms with van der Waals surface area (Å²) in [7, 11) is -4.62. The molecule has 4 aliphatic carbocycles. The van der Waals surface area contributed by atoms with Crippen LogP contribution in [0.2, 0.25) is 0 Å². The van der Waals surface area contributed by atoms with Crippen molar-refractivity contribution in [2.45, 2.75) is 141 Å². The smallest absolute Gasteiger partial charge is 0.347 e. The molecular formula is C35H54F3N5O7S. The number of hydrogen-bond acceptors (Lipinski definition) is 7. The summed E-state index contributed by atoms with van der Waals surface area (Å²) in [6.45, 7) is 9.41. The molecule has 16 heteroatoms. The number of ketones is 1. The van der Waals surface area contributed by atoms with Gasteiger partial charge < -0.3 is 26.2 Å². The number of carbonyl (C=O) groups is 5. The number of piperidine rings is 1. The molecule has 4 N–H and O–H groups in total. The average Bonchev–Trinajstić information content (AvgIpc) is 3.94. The maximum absolute atomic E-state index is 14.4. The lowest BCUT2D eigenvalue weighted by atomic mass is 9.83. The molecule has 0 aromatic carbocycles. The van der Waals surface area contributed by atoms with Crippen LogP contribution >= 0.6 is 0 Å². The summed E-state index contributed by atoms with van der Waals surface area (Å²) in [5.41, 5.74) is -2.61. The first-order valence-corrected chi connectivity index (χ1v) is 20.2. The van der Waals surface area contributed by atoms with Crippen LogP contribution in [-0.4, -0.2) is 96.8 Å². The van der Waals surface area contributed by atoms with E-state index in [2.05, 4.69) is 21.3 Å². The first-order chi connectivity index (χ1) is 23.5. The molecule has 4 saturated carbocycles. The molecule has 1 heterocycles. The largest absolute Gasteiger partial charge is 0.402 e. The number of amides is 5. The molecule has 12 nitrogen and oxygen atoms in total. The number of likely N-dealkylation sites (tertiary alicyclic amines) is 1. The van der Waals surface area contributed by atoms with Crippen LogP contribution in [-0.2, 0) is 29.0 Å². The van der Waals surface area contributed by atoms with Gasteiger partial charge in [-0.2, -0.15) is 13.2 Å². The third-order valence-electron chi connectivity index (χ3n) is 11.5. The number of carbonyl (C=O) groups excluding carboxylic acids is 5. The van der Waals surface area contributed by atoms with Crippen LogP contribution in [0.4, 0.5) is 18.0 Å². The first-order valence-electron chi connectivity index (χ1n) is 18.3. The fourth-order valence-electron chi connectivity index (χ4n) is 8.27. The van der Waals surface area contributed by atoms with Gasteiger partial charge in [-0.15, -0.1) is 0 Å². The Balaban J connectivity index is 1.32. The Kier molecular flexibility index (Phi) is 10.9. The van der Waals surface area contributed by atoms with Gasteiger partial charge in [-0.05, 0) is 67.1 Å². The van der Waals surface area contributed by atoms with Gasteiger partial charge in [0.15, 0.2) is 9.84 Å². The van der Waals surface area contributed by atoms with E-state index >= 15 is 0 Å². The summed E-state index contributed by atoms with van der Waals surface area (Å²) in [4.78, 5) is 69.6. The minimum atomic E-state index is -4.93. The lowest BCUT2D eigenvalue weighted by Gasteiger charge is -2.40. The zero-order chi connectivity index (χ0) is 37.7. The van der Waals surface area contributed by atoms with Gasteiger partial charge in [0.05, 0.1) is 17.3 Å². The van der Waals surface area contributed by atoms with Crippen LogP contribution in [0.25, 0.3) is 0 Å². The van der Waals surface area contributed by atoms with E-state index in [0.29, 0.717) is 31.6 Å². The van der Waals surface area contributed by atoms with E-state index in [1.165, 1.54) is 4.90 Å². The molecule has 0 radical (unpaired) electrons.